The highest BCUT2D eigenvalue weighted by atomic mass is 16.5. The third-order valence-electron chi connectivity index (χ3n) is 5.22. The predicted molar refractivity (Wildman–Crippen MR) is 101 cm³/mol. The first-order valence-corrected chi connectivity index (χ1v) is 9.45. The number of fused-ring (bicyclic) bond motifs is 1. The van der Waals surface area contributed by atoms with E-state index in [0.717, 1.165) is 12.8 Å². The number of morpholine rings is 1. The smallest absolute Gasteiger partial charge is 0.258 e. The minimum atomic E-state index is -0.530. The number of nitrogens with one attached hydrogen (secondary N) is 2. The molecular formula is C19H25N5O3. The monoisotopic (exact) mass is 371 g/mol. The quantitative estimate of drug-likeness (QED) is 0.658. The highest BCUT2D eigenvalue weighted by Gasteiger charge is 2.31. The SMILES string of the molecule is NC(CNC(=O)C1CN(Cc2nc3ccccc3c(=O)[nH]2)CCO1)C1CC1. The van der Waals surface area contributed by atoms with E-state index in [4.69, 9.17) is 10.5 Å². The van der Waals surface area contributed by atoms with Crippen LogP contribution in [0.15, 0.2) is 29.1 Å². The Labute approximate surface area is 157 Å². The lowest BCUT2D eigenvalue weighted by Gasteiger charge is -2.32. The van der Waals surface area contributed by atoms with Gasteiger partial charge in [0.15, 0.2) is 0 Å². The first-order chi connectivity index (χ1) is 13.1. The zero-order valence-corrected chi connectivity index (χ0v) is 15.2. The van der Waals surface area contributed by atoms with Gasteiger partial charge >= 0.3 is 0 Å². The van der Waals surface area contributed by atoms with E-state index >= 15 is 0 Å². The highest BCUT2D eigenvalue weighted by molar-refractivity contribution is 5.81. The Balaban J connectivity index is 1.36. The molecule has 2 aliphatic rings. The lowest BCUT2D eigenvalue weighted by Crippen LogP contribution is -2.51. The first kappa shape index (κ1) is 18.1. The van der Waals surface area contributed by atoms with Gasteiger partial charge in [-0.05, 0) is 30.9 Å². The molecule has 1 aliphatic carbocycles. The van der Waals surface area contributed by atoms with Gasteiger partial charge in [-0.1, -0.05) is 12.1 Å². The van der Waals surface area contributed by atoms with Crippen LogP contribution < -0.4 is 16.6 Å². The zero-order valence-electron chi connectivity index (χ0n) is 15.2. The van der Waals surface area contributed by atoms with E-state index in [0.29, 0.717) is 55.4 Å². The second-order valence-corrected chi connectivity index (χ2v) is 7.37. The number of nitrogens with zero attached hydrogens (tertiary/aromatic N) is 2. The molecule has 1 aliphatic heterocycles. The Morgan fingerprint density at radius 2 is 2.22 bits per heavy atom. The molecule has 2 atom stereocenters. The maximum atomic E-state index is 12.4. The average Bonchev–Trinajstić information content (AvgIpc) is 3.51. The van der Waals surface area contributed by atoms with E-state index in [1.54, 1.807) is 6.07 Å². The summed E-state index contributed by atoms with van der Waals surface area (Å²) in [6, 6.07) is 7.29. The van der Waals surface area contributed by atoms with Gasteiger partial charge < -0.3 is 20.8 Å². The minimum absolute atomic E-state index is 0.0283. The summed E-state index contributed by atoms with van der Waals surface area (Å²) in [5, 5.41) is 3.48. The fourth-order valence-electron chi connectivity index (χ4n) is 3.45. The van der Waals surface area contributed by atoms with Crippen LogP contribution in [0.2, 0.25) is 0 Å². The zero-order chi connectivity index (χ0) is 18.8. The number of carbonyl (C=O) groups is 1. The van der Waals surface area contributed by atoms with Gasteiger partial charge in [0.2, 0.25) is 0 Å². The number of aromatic nitrogens is 2. The summed E-state index contributed by atoms with van der Waals surface area (Å²) in [7, 11) is 0. The van der Waals surface area contributed by atoms with E-state index in [9.17, 15) is 9.59 Å². The van der Waals surface area contributed by atoms with Crippen molar-refractivity contribution in [1.29, 1.82) is 0 Å². The number of H-pyrrole nitrogens is 1. The molecule has 2 unspecified atom stereocenters. The standard InChI is InChI=1S/C19H25N5O3/c20-14(12-5-6-12)9-21-19(26)16-10-24(7-8-27-16)11-17-22-15-4-2-1-3-13(15)18(25)23-17/h1-4,12,14,16H,5-11,20H2,(H,21,26)(H,22,23,25). The molecule has 0 radical (unpaired) electrons. The van der Waals surface area contributed by atoms with E-state index in [-0.39, 0.29) is 17.5 Å². The van der Waals surface area contributed by atoms with Crippen LogP contribution in [0.3, 0.4) is 0 Å². The number of amides is 1. The van der Waals surface area contributed by atoms with Gasteiger partial charge in [0, 0.05) is 25.7 Å². The van der Waals surface area contributed by atoms with Crippen molar-refractivity contribution >= 4 is 16.8 Å². The number of carbonyl (C=O) groups excluding carboxylic acids is 1. The van der Waals surface area contributed by atoms with Crippen molar-refractivity contribution in [2.75, 3.05) is 26.2 Å². The molecule has 1 saturated heterocycles. The normalized spacial score (nSPS) is 21.9. The fraction of sp³-hybridized carbons (Fsp3) is 0.526. The Morgan fingerprint density at radius 3 is 3.04 bits per heavy atom. The van der Waals surface area contributed by atoms with Gasteiger partial charge in [-0.15, -0.1) is 0 Å². The second kappa shape index (κ2) is 7.75. The van der Waals surface area contributed by atoms with Gasteiger partial charge in [0.25, 0.3) is 11.5 Å². The molecule has 144 valence electrons. The van der Waals surface area contributed by atoms with Crippen molar-refractivity contribution in [2.24, 2.45) is 11.7 Å². The van der Waals surface area contributed by atoms with Gasteiger partial charge in [-0.2, -0.15) is 0 Å². The number of benzene rings is 1. The molecule has 4 N–H and O–H groups in total. The van der Waals surface area contributed by atoms with Gasteiger partial charge in [0.05, 0.1) is 24.1 Å². The maximum absolute atomic E-state index is 12.4. The topological polar surface area (TPSA) is 113 Å². The molecule has 0 spiro atoms. The lowest BCUT2D eigenvalue weighted by molar-refractivity contribution is -0.138. The van der Waals surface area contributed by atoms with Crippen molar-refractivity contribution in [2.45, 2.75) is 31.5 Å². The van der Waals surface area contributed by atoms with E-state index in [1.807, 2.05) is 18.2 Å². The third kappa shape index (κ3) is 4.35. The second-order valence-electron chi connectivity index (χ2n) is 7.37. The van der Waals surface area contributed by atoms with Crippen LogP contribution in [-0.2, 0) is 16.1 Å². The van der Waals surface area contributed by atoms with Crippen LogP contribution in [0, 0.1) is 5.92 Å². The van der Waals surface area contributed by atoms with E-state index in [1.165, 1.54) is 0 Å². The molecule has 1 saturated carbocycles. The van der Waals surface area contributed by atoms with Crippen molar-refractivity contribution in [3.63, 3.8) is 0 Å². The fourth-order valence-corrected chi connectivity index (χ4v) is 3.45. The van der Waals surface area contributed by atoms with Crippen LogP contribution in [-0.4, -0.2) is 59.2 Å². The van der Waals surface area contributed by atoms with Crippen LogP contribution in [0.4, 0.5) is 0 Å². The Kier molecular flexibility index (Phi) is 5.20. The predicted octanol–water partition coefficient (Wildman–Crippen LogP) is -0.0226. The summed E-state index contributed by atoms with van der Waals surface area (Å²) < 4.78 is 5.62. The Bertz CT molecular complexity index is 879. The summed E-state index contributed by atoms with van der Waals surface area (Å²) in [6.45, 7) is 2.56. The van der Waals surface area contributed by atoms with Crippen LogP contribution in [0.25, 0.3) is 10.9 Å². The number of hydrogen-bond donors (Lipinski definition) is 3. The highest BCUT2D eigenvalue weighted by Crippen LogP contribution is 2.31. The molecule has 1 aromatic carbocycles. The number of rotatable bonds is 6. The van der Waals surface area contributed by atoms with Gasteiger partial charge in [0.1, 0.15) is 11.9 Å². The molecular weight excluding hydrogens is 346 g/mol. The molecule has 2 fully saturated rings. The summed E-state index contributed by atoms with van der Waals surface area (Å²) in [6.07, 6.45) is 1.78. The first-order valence-electron chi connectivity index (χ1n) is 9.45. The van der Waals surface area contributed by atoms with E-state index in [2.05, 4.69) is 20.2 Å². The summed E-state index contributed by atoms with van der Waals surface area (Å²) in [5.74, 6) is 1.01. The lowest BCUT2D eigenvalue weighted by atomic mass is 10.2. The molecule has 8 nitrogen and oxygen atoms in total. The Morgan fingerprint density at radius 1 is 1.41 bits per heavy atom. The summed E-state index contributed by atoms with van der Waals surface area (Å²) >= 11 is 0. The summed E-state index contributed by atoms with van der Waals surface area (Å²) in [5.41, 5.74) is 6.57. The molecule has 0 bridgehead atoms. The van der Waals surface area contributed by atoms with Crippen molar-refractivity contribution in [1.82, 2.24) is 20.2 Å². The molecule has 4 rings (SSSR count). The third-order valence-corrected chi connectivity index (χ3v) is 5.22. The maximum Gasteiger partial charge on any atom is 0.258 e. The van der Waals surface area contributed by atoms with Crippen LogP contribution in [0.5, 0.6) is 0 Å². The van der Waals surface area contributed by atoms with Crippen molar-refractivity contribution in [3.05, 3.63) is 40.4 Å². The van der Waals surface area contributed by atoms with Crippen LogP contribution in [0.1, 0.15) is 18.7 Å². The molecule has 8 heteroatoms. The van der Waals surface area contributed by atoms with Gasteiger partial charge in [-0.25, -0.2) is 4.98 Å². The number of ether oxygens (including phenoxy) is 1. The van der Waals surface area contributed by atoms with Crippen molar-refractivity contribution in [3.8, 4) is 0 Å². The van der Waals surface area contributed by atoms with Crippen LogP contribution >= 0.6 is 0 Å². The molecule has 27 heavy (non-hydrogen) atoms. The van der Waals surface area contributed by atoms with Crippen molar-refractivity contribution < 1.29 is 9.53 Å². The number of aromatic amines is 1. The molecule has 1 amide bonds. The largest absolute Gasteiger partial charge is 0.366 e. The minimum Gasteiger partial charge on any atom is -0.366 e. The summed E-state index contributed by atoms with van der Waals surface area (Å²) in [4.78, 5) is 34.0. The van der Waals surface area contributed by atoms with Gasteiger partial charge in [-0.3, -0.25) is 14.5 Å². The molecule has 1 aromatic heterocycles. The molecule has 2 heterocycles. The average molecular weight is 371 g/mol. The number of nitrogens with two attached hydrogens (primary N) is 1. The number of hydrogen-bond acceptors (Lipinski definition) is 6. The Hall–Kier alpha value is -2.29. The molecule has 2 aromatic rings. The number of para-hydroxylation sites is 1. The van der Waals surface area contributed by atoms with E-state index < -0.39 is 6.10 Å².